The van der Waals surface area contributed by atoms with Gasteiger partial charge in [0.05, 0.1) is 0 Å². The second-order valence-electron chi connectivity index (χ2n) is 6.49. The number of hydrogen-bond acceptors (Lipinski definition) is 1. The van der Waals surface area contributed by atoms with Gasteiger partial charge in [-0.1, -0.05) is 73.7 Å². The maximum Gasteiger partial charge on any atom is 0.248 e. The number of hydrogen-bond donors (Lipinski definition) is 1. The van der Waals surface area contributed by atoms with Crippen molar-refractivity contribution in [3.8, 4) is 11.1 Å². The second-order valence-corrected chi connectivity index (χ2v) is 6.49. The zero-order valence-electron chi connectivity index (χ0n) is 14.5. The Balaban J connectivity index is 1.66. The average Bonchev–Trinajstić information content (AvgIpc) is 2.67. The van der Waals surface area contributed by atoms with Gasteiger partial charge in [0.25, 0.3) is 0 Å². The highest BCUT2D eigenvalue weighted by atomic mass is 16.1. The van der Waals surface area contributed by atoms with Crippen molar-refractivity contribution in [2.45, 2.75) is 25.7 Å². The van der Waals surface area contributed by atoms with Crippen LogP contribution < -0.4 is 5.73 Å². The molecule has 2 heteroatoms. The molecule has 2 N–H and O–H groups in total. The molecule has 0 aliphatic heterocycles. The molecule has 3 rings (SSSR count). The topological polar surface area (TPSA) is 43.1 Å². The van der Waals surface area contributed by atoms with Crippen LogP contribution in [0.4, 0.5) is 0 Å². The molecule has 2 nitrogen and oxygen atoms in total. The van der Waals surface area contributed by atoms with Gasteiger partial charge >= 0.3 is 0 Å². The zero-order chi connectivity index (χ0) is 17.6. The molecule has 0 bridgehead atoms. The van der Waals surface area contributed by atoms with Crippen molar-refractivity contribution in [3.63, 3.8) is 0 Å². The Hall–Kier alpha value is -2.87. The van der Waals surface area contributed by atoms with Crippen LogP contribution in [-0.4, -0.2) is 5.91 Å². The van der Waals surface area contributed by atoms with Crippen LogP contribution in [0.2, 0.25) is 0 Å². The van der Waals surface area contributed by atoms with Crippen molar-refractivity contribution < 1.29 is 4.79 Å². The highest BCUT2D eigenvalue weighted by Gasteiger charge is 2.06. The van der Waals surface area contributed by atoms with Crippen LogP contribution in [0.3, 0.4) is 0 Å². The molecule has 0 heterocycles. The number of carbonyl (C=O) groups excluding carboxylic acids is 1. The molecule has 3 aromatic carbocycles. The number of benzene rings is 3. The lowest BCUT2D eigenvalue weighted by atomic mass is 9.93. The van der Waals surface area contributed by atoms with E-state index in [2.05, 4.69) is 61.5 Å². The van der Waals surface area contributed by atoms with E-state index in [0.717, 1.165) is 24.0 Å². The smallest absolute Gasteiger partial charge is 0.248 e. The van der Waals surface area contributed by atoms with Crippen molar-refractivity contribution in [1.29, 1.82) is 0 Å². The molecule has 1 atom stereocenters. The second kappa shape index (κ2) is 7.80. The third-order valence-electron chi connectivity index (χ3n) is 4.67. The highest BCUT2D eigenvalue weighted by Crippen LogP contribution is 2.24. The van der Waals surface area contributed by atoms with Gasteiger partial charge < -0.3 is 5.73 Å². The summed E-state index contributed by atoms with van der Waals surface area (Å²) >= 11 is 0. The summed E-state index contributed by atoms with van der Waals surface area (Å²) in [4.78, 5) is 11.3. The Morgan fingerprint density at radius 1 is 0.880 bits per heavy atom. The van der Waals surface area contributed by atoms with E-state index in [4.69, 9.17) is 5.73 Å². The van der Waals surface area contributed by atoms with E-state index in [-0.39, 0.29) is 0 Å². The molecule has 25 heavy (non-hydrogen) atoms. The van der Waals surface area contributed by atoms with Crippen LogP contribution in [-0.2, 0) is 6.42 Å². The van der Waals surface area contributed by atoms with E-state index < -0.39 is 5.91 Å². The number of primary amides is 1. The first-order valence-electron chi connectivity index (χ1n) is 8.67. The van der Waals surface area contributed by atoms with Crippen LogP contribution in [0.5, 0.6) is 0 Å². The molecule has 0 aromatic heterocycles. The van der Waals surface area contributed by atoms with Gasteiger partial charge in [-0.3, -0.25) is 4.79 Å². The lowest BCUT2D eigenvalue weighted by molar-refractivity contribution is 0.100. The molecule has 1 unspecified atom stereocenters. The minimum Gasteiger partial charge on any atom is -0.366 e. The number of carbonyl (C=O) groups is 1. The van der Waals surface area contributed by atoms with E-state index in [1.54, 1.807) is 6.07 Å². The summed E-state index contributed by atoms with van der Waals surface area (Å²) in [7, 11) is 0. The van der Waals surface area contributed by atoms with Crippen LogP contribution in [0.25, 0.3) is 11.1 Å². The summed E-state index contributed by atoms with van der Waals surface area (Å²) in [6.07, 6.45) is 2.18. The molecule has 0 spiro atoms. The maximum atomic E-state index is 11.3. The Labute approximate surface area is 149 Å². The standard InChI is InChI=1S/C23H23NO/c1-17(19-6-3-2-4-7-19)10-11-18-12-14-20(15-13-18)21-8-5-9-22(16-21)23(24)25/h2-9,12-17H,10-11H2,1H3,(H2,24,25). The predicted octanol–water partition coefficient (Wildman–Crippen LogP) is 5.19. The minimum absolute atomic E-state index is 0.395. The SMILES string of the molecule is CC(CCc1ccc(-c2cccc(C(N)=O)c2)cc1)c1ccccc1. The van der Waals surface area contributed by atoms with Gasteiger partial charge in [-0.15, -0.1) is 0 Å². The summed E-state index contributed by atoms with van der Waals surface area (Å²) in [6, 6.07) is 26.7. The Morgan fingerprint density at radius 2 is 1.60 bits per heavy atom. The Morgan fingerprint density at radius 3 is 2.28 bits per heavy atom. The summed E-state index contributed by atoms with van der Waals surface area (Å²) < 4.78 is 0. The Bertz CT molecular complexity index is 837. The van der Waals surface area contributed by atoms with Gasteiger partial charge in [0, 0.05) is 5.56 Å². The fraction of sp³-hybridized carbons (Fsp3) is 0.174. The number of amides is 1. The van der Waals surface area contributed by atoms with Crippen molar-refractivity contribution in [2.24, 2.45) is 5.73 Å². The number of nitrogens with two attached hydrogens (primary N) is 1. The van der Waals surface area contributed by atoms with Crippen molar-refractivity contribution in [1.82, 2.24) is 0 Å². The third kappa shape index (κ3) is 4.36. The predicted molar refractivity (Wildman–Crippen MR) is 104 cm³/mol. The summed E-state index contributed by atoms with van der Waals surface area (Å²) in [6.45, 7) is 2.28. The van der Waals surface area contributed by atoms with Crippen molar-refractivity contribution in [2.75, 3.05) is 0 Å². The first-order valence-corrected chi connectivity index (χ1v) is 8.67. The first kappa shape index (κ1) is 17.0. The zero-order valence-corrected chi connectivity index (χ0v) is 14.5. The van der Waals surface area contributed by atoms with Crippen molar-refractivity contribution in [3.05, 3.63) is 95.6 Å². The van der Waals surface area contributed by atoms with Gasteiger partial charge in [0.15, 0.2) is 0 Å². The quantitative estimate of drug-likeness (QED) is 0.664. The number of aryl methyl sites for hydroxylation is 1. The van der Waals surface area contributed by atoms with E-state index in [1.165, 1.54) is 11.1 Å². The summed E-state index contributed by atoms with van der Waals surface area (Å²) in [5.74, 6) is 0.154. The molecule has 126 valence electrons. The fourth-order valence-corrected chi connectivity index (χ4v) is 3.05. The molecule has 1 amide bonds. The van der Waals surface area contributed by atoms with Gasteiger partial charge in [-0.05, 0) is 53.1 Å². The van der Waals surface area contributed by atoms with E-state index >= 15 is 0 Å². The highest BCUT2D eigenvalue weighted by molar-refractivity contribution is 5.94. The monoisotopic (exact) mass is 329 g/mol. The maximum absolute atomic E-state index is 11.3. The molecule has 0 aliphatic carbocycles. The molecule has 0 saturated heterocycles. The fourth-order valence-electron chi connectivity index (χ4n) is 3.05. The number of rotatable bonds is 6. The summed E-state index contributed by atoms with van der Waals surface area (Å²) in [5, 5.41) is 0. The van der Waals surface area contributed by atoms with Gasteiger partial charge in [0.1, 0.15) is 0 Å². The van der Waals surface area contributed by atoms with Gasteiger partial charge in [-0.25, -0.2) is 0 Å². The Kier molecular flexibility index (Phi) is 5.30. The molecule has 0 radical (unpaired) electrons. The van der Waals surface area contributed by atoms with E-state index in [1.807, 2.05) is 18.2 Å². The van der Waals surface area contributed by atoms with Crippen LogP contribution in [0.1, 0.15) is 40.7 Å². The van der Waals surface area contributed by atoms with E-state index in [9.17, 15) is 4.79 Å². The van der Waals surface area contributed by atoms with Crippen molar-refractivity contribution >= 4 is 5.91 Å². The van der Waals surface area contributed by atoms with Gasteiger partial charge in [-0.2, -0.15) is 0 Å². The van der Waals surface area contributed by atoms with Crippen LogP contribution >= 0.6 is 0 Å². The molecular formula is C23H23NO. The van der Waals surface area contributed by atoms with Crippen LogP contribution in [0, 0.1) is 0 Å². The molecule has 0 aliphatic rings. The lowest BCUT2D eigenvalue weighted by Gasteiger charge is -2.12. The third-order valence-corrected chi connectivity index (χ3v) is 4.67. The average molecular weight is 329 g/mol. The molecule has 0 saturated carbocycles. The molecule has 0 fully saturated rings. The first-order chi connectivity index (χ1) is 12.1. The summed E-state index contributed by atoms with van der Waals surface area (Å²) in [5.41, 5.74) is 10.7. The largest absolute Gasteiger partial charge is 0.366 e. The normalized spacial score (nSPS) is 11.9. The lowest BCUT2D eigenvalue weighted by Crippen LogP contribution is -2.10. The van der Waals surface area contributed by atoms with E-state index in [0.29, 0.717) is 11.5 Å². The van der Waals surface area contributed by atoms with Gasteiger partial charge in [0.2, 0.25) is 5.91 Å². The minimum atomic E-state index is -0.395. The van der Waals surface area contributed by atoms with Crippen LogP contribution in [0.15, 0.2) is 78.9 Å². The molecular weight excluding hydrogens is 306 g/mol. The molecule has 3 aromatic rings.